The summed E-state index contributed by atoms with van der Waals surface area (Å²) in [5.41, 5.74) is -0.445. The van der Waals surface area contributed by atoms with Gasteiger partial charge in [0.2, 0.25) is 0 Å². The van der Waals surface area contributed by atoms with E-state index in [9.17, 15) is 13.7 Å². The first-order valence-corrected chi connectivity index (χ1v) is 7.54. The molecule has 0 spiro atoms. The molecule has 1 rings (SSSR count). The molecule has 1 N–H and O–H groups in total. The van der Waals surface area contributed by atoms with Gasteiger partial charge in [-0.2, -0.15) is 4.40 Å². The van der Waals surface area contributed by atoms with Crippen molar-refractivity contribution in [1.29, 1.82) is 0 Å². The average molecular weight is 299 g/mol. The Balaban J connectivity index is 3.29. The van der Waals surface area contributed by atoms with Crippen LogP contribution in [0.2, 0.25) is 0 Å². The van der Waals surface area contributed by atoms with Gasteiger partial charge in [-0.1, -0.05) is 18.2 Å². The smallest absolute Gasteiger partial charge is 0.145 e. The predicted molar refractivity (Wildman–Crippen MR) is 81.8 cm³/mol. The zero-order valence-electron chi connectivity index (χ0n) is 12.8. The number of halogens is 1. The Kier molecular flexibility index (Phi) is 4.87. The standard InChI is InChI=1S/C15H22FNO2S/c1-10(17-20(19)14(2,3)4)11-8-7-9-12(13(11)16)15(5,6)18/h7-9,18H,1-6H3/t20-/m1/s1. The van der Waals surface area contributed by atoms with E-state index in [0.717, 1.165) is 0 Å². The molecule has 0 aliphatic heterocycles. The Hall–Kier alpha value is -1.07. The van der Waals surface area contributed by atoms with Gasteiger partial charge in [-0.3, -0.25) is 0 Å². The fourth-order valence-corrected chi connectivity index (χ4v) is 2.22. The second-order valence-electron chi connectivity index (χ2n) is 6.26. The first kappa shape index (κ1) is 17.0. The topological polar surface area (TPSA) is 49.7 Å². The van der Waals surface area contributed by atoms with E-state index in [2.05, 4.69) is 4.40 Å². The number of hydrogen-bond donors (Lipinski definition) is 1. The molecule has 0 aromatic heterocycles. The number of rotatable bonds is 3. The van der Waals surface area contributed by atoms with Crippen molar-refractivity contribution >= 4 is 16.7 Å². The Morgan fingerprint density at radius 1 is 1.25 bits per heavy atom. The third kappa shape index (κ3) is 3.96. The SMILES string of the molecule is CC(=N[S@](=O)C(C)(C)C)c1cccc(C(C)(C)O)c1F. The van der Waals surface area contributed by atoms with Gasteiger partial charge in [0.1, 0.15) is 16.8 Å². The number of benzene rings is 1. The van der Waals surface area contributed by atoms with Gasteiger partial charge in [0.15, 0.2) is 0 Å². The van der Waals surface area contributed by atoms with Crippen molar-refractivity contribution in [3.63, 3.8) is 0 Å². The van der Waals surface area contributed by atoms with E-state index in [1.54, 1.807) is 19.1 Å². The van der Waals surface area contributed by atoms with Crippen LogP contribution in [0.5, 0.6) is 0 Å². The third-order valence-electron chi connectivity index (χ3n) is 2.79. The van der Waals surface area contributed by atoms with Gasteiger partial charge < -0.3 is 5.11 Å². The molecule has 0 heterocycles. The second kappa shape index (κ2) is 5.74. The largest absolute Gasteiger partial charge is 0.386 e. The lowest BCUT2D eigenvalue weighted by Gasteiger charge is -2.20. The van der Waals surface area contributed by atoms with E-state index in [1.807, 2.05) is 20.8 Å². The highest BCUT2D eigenvalue weighted by molar-refractivity contribution is 7.85. The molecule has 1 atom stereocenters. The van der Waals surface area contributed by atoms with Gasteiger partial charge in [0, 0.05) is 11.1 Å². The molecule has 0 aliphatic carbocycles. The van der Waals surface area contributed by atoms with Gasteiger partial charge in [0.25, 0.3) is 0 Å². The minimum atomic E-state index is -1.45. The zero-order valence-corrected chi connectivity index (χ0v) is 13.6. The minimum absolute atomic E-state index is 0.200. The van der Waals surface area contributed by atoms with E-state index in [-0.39, 0.29) is 11.1 Å². The zero-order chi connectivity index (χ0) is 15.7. The fourth-order valence-electron chi connectivity index (χ4n) is 1.59. The molecule has 20 heavy (non-hydrogen) atoms. The van der Waals surface area contributed by atoms with E-state index in [4.69, 9.17) is 0 Å². The highest BCUT2D eigenvalue weighted by Crippen LogP contribution is 2.25. The highest BCUT2D eigenvalue weighted by Gasteiger charge is 2.24. The number of nitrogens with zero attached hydrogens (tertiary/aromatic N) is 1. The van der Waals surface area contributed by atoms with Crippen LogP contribution in [-0.4, -0.2) is 19.8 Å². The van der Waals surface area contributed by atoms with Crippen LogP contribution >= 0.6 is 0 Å². The van der Waals surface area contributed by atoms with E-state index in [1.165, 1.54) is 19.9 Å². The second-order valence-corrected chi connectivity index (χ2v) is 8.17. The summed E-state index contributed by atoms with van der Waals surface area (Å²) < 4.78 is 30.0. The van der Waals surface area contributed by atoms with Crippen molar-refractivity contribution in [2.75, 3.05) is 0 Å². The third-order valence-corrected chi connectivity index (χ3v) is 4.28. The quantitative estimate of drug-likeness (QED) is 0.870. The Morgan fingerprint density at radius 3 is 2.25 bits per heavy atom. The summed E-state index contributed by atoms with van der Waals surface area (Å²) in [7, 11) is -1.45. The summed E-state index contributed by atoms with van der Waals surface area (Å²) >= 11 is 0. The summed E-state index contributed by atoms with van der Waals surface area (Å²) in [5, 5.41) is 9.95. The molecule has 0 unspecified atom stereocenters. The molecular weight excluding hydrogens is 277 g/mol. The fraction of sp³-hybridized carbons (Fsp3) is 0.533. The van der Waals surface area contributed by atoms with Crippen molar-refractivity contribution in [3.05, 3.63) is 35.1 Å². The van der Waals surface area contributed by atoms with Crippen molar-refractivity contribution in [2.24, 2.45) is 4.40 Å². The Bertz CT molecular complexity index is 554. The summed E-state index contributed by atoms with van der Waals surface area (Å²) in [6.07, 6.45) is 0. The molecule has 0 amide bonds. The van der Waals surface area contributed by atoms with Crippen LogP contribution in [0.1, 0.15) is 52.7 Å². The van der Waals surface area contributed by atoms with E-state index >= 15 is 0 Å². The molecule has 0 fully saturated rings. The van der Waals surface area contributed by atoms with Crippen LogP contribution in [0, 0.1) is 5.82 Å². The van der Waals surface area contributed by atoms with Crippen LogP contribution in [0.3, 0.4) is 0 Å². The lowest BCUT2D eigenvalue weighted by molar-refractivity contribution is 0.0745. The van der Waals surface area contributed by atoms with Crippen molar-refractivity contribution in [2.45, 2.75) is 51.9 Å². The molecule has 112 valence electrons. The molecule has 0 radical (unpaired) electrons. The first-order valence-electron chi connectivity index (χ1n) is 6.43. The van der Waals surface area contributed by atoms with Crippen molar-refractivity contribution in [3.8, 4) is 0 Å². The van der Waals surface area contributed by atoms with Gasteiger partial charge in [-0.05, 0) is 41.5 Å². The van der Waals surface area contributed by atoms with Crippen LogP contribution in [0.4, 0.5) is 4.39 Å². The maximum absolute atomic E-state index is 14.4. The molecule has 1 aromatic carbocycles. The maximum atomic E-state index is 14.4. The van der Waals surface area contributed by atoms with Crippen LogP contribution in [-0.2, 0) is 16.6 Å². The summed E-state index contributed by atoms with van der Waals surface area (Å²) in [4.78, 5) is 0. The minimum Gasteiger partial charge on any atom is -0.386 e. The average Bonchev–Trinajstić information content (AvgIpc) is 2.26. The summed E-state index contributed by atoms with van der Waals surface area (Å²) in [5.74, 6) is -0.521. The Labute approximate surface area is 122 Å². The van der Waals surface area contributed by atoms with Gasteiger partial charge in [-0.15, -0.1) is 0 Å². The van der Waals surface area contributed by atoms with Crippen LogP contribution in [0.15, 0.2) is 22.6 Å². The summed E-state index contributed by atoms with van der Waals surface area (Å²) in [6, 6.07) is 4.76. The van der Waals surface area contributed by atoms with Crippen LogP contribution in [0.25, 0.3) is 0 Å². The van der Waals surface area contributed by atoms with Crippen molar-refractivity contribution < 1.29 is 13.7 Å². The molecule has 1 aromatic rings. The predicted octanol–water partition coefficient (Wildman–Crippen LogP) is 3.32. The molecule has 0 aliphatic rings. The molecule has 0 saturated heterocycles. The monoisotopic (exact) mass is 299 g/mol. The van der Waals surface area contributed by atoms with Gasteiger partial charge >= 0.3 is 0 Å². The molecule has 0 saturated carbocycles. The maximum Gasteiger partial charge on any atom is 0.145 e. The van der Waals surface area contributed by atoms with Gasteiger partial charge in [0.05, 0.1) is 16.1 Å². The summed E-state index contributed by atoms with van der Waals surface area (Å²) in [6.45, 7) is 10.1. The van der Waals surface area contributed by atoms with Crippen LogP contribution < -0.4 is 0 Å². The molecular formula is C15H22FNO2S. The molecule has 3 nitrogen and oxygen atoms in total. The lowest BCUT2D eigenvalue weighted by atomic mass is 9.94. The molecule has 5 heteroatoms. The van der Waals surface area contributed by atoms with Crippen molar-refractivity contribution in [1.82, 2.24) is 0 Å². The highest BCUT2D eigenvalue weighted by atomic mass is 32.2. The number of hydrogen-bond acceptors (Lipinski definition) is 2. The molecule has 0 bridgehead atoms. The first-order chi connectivity index (χ1) is 8.94. The van der Waals surface area contributed by atoms with E-state index < -0.39 is 27.2 Å². The number of aliphatic hydroxyl groups is 1. The normalized spacial score (nSPS) is 15.3. The van der Waals surface area contributed by atoms with Gasteiger partial charge in [-0.25, -0.2) is 8.60 Å². The Morgan fingerprint density at radius 2 is 1.80 bits per heavy atom. The van der Waals surface area contributed by atoms with E-state index in [0.29, 0.717) is 5.71 Å². The lowest BCUT2D eigenvalue weighted by Crippen LogP contribution is -2.22.